The van der Waals surface area contributed by atoms with Gasteiger partial charge in [0.25, 0.3) is 0 Å². The van der Waals surface area contributed by atoms with E-state index in [9.17, 15) is 20.1 Å². The number of hydrogen-bond donors (Lipinski definition) is 3. The summed E-state index contributed by atoms with van der Waals surface area (Å²) in [6.07, 6.45) is 12.5. The predicted molar refractivity (Wildman–Crippen MR) is 127 cm³/mol. The smallest absolute Gasteiger partial charge is 0.167 e. The van der Waals surface area contributed by atoms with Crippen LogP contribution in [0.4, 0.5) is 0 Å². The second kappa shape index (κ2) is 8.85. The van der Waals surface area contributed by atoms with E-state index >= 15 is 0 Å². The summed E-state index contributed by atoms with van der Waals surface area (Å²) in [4.78, 5) is 12.6. The molecule has 8 atom stereocenters. The van der Waals surface area contributed by atoms with Gasteiger partial charge >= 0.3 is 0 Å². The molecule has 0 bridgehead atoms. The fourth-order valence-corrected chi connectivity index (χ4v) is 7.67. The Morgan fingerprint density at radius 2 is 1.91 bits per heavy atom. The molecule has 0 spiro atoms. The van der Waals surface area contributed by atoms with E-state index in [-0.39, 0.29) is 17.1 Å². The highest BCUT2D eigenvalue weighted by atomic mass is 16.3. The van der Waals surface area contributed by atoms with Crippen LogP contribution in [-0.4, -0.2) is 38.9 Å². The number of aliphatic hydroxyl groups excluding tert-OH is 2. The molecule has 0 aromatic heterocycles. The lowest BCUT2D eigenvalue weighted by atomic mass is 9.60. The van der Waals surface area contributed by atoms with Crippen LogP contribution in [0, 0.1) is 29.1 Å². The quantitative estimate of drug-likeness (QED) is 0.580. The summed E-state index contributed by atoms with van der Waals surface area (Å²) in [5.41, 5.74) is 2.37. The number of ketones is 1. The first-order valence-corrected chi connectivity index (χ1v) is 12.7. The summed E-state index contributed by atoms with van der Waals surface area (Å²) in [7, 11) is 0. The predicted octanol–water partition coefficient (Wildman–Crippen LogP) is 4.88. The van der Waals surface area contributed by atoms with E-state index in [0.717, 1.165) is 30.4 Å². The summed E-state index contributed by atoms with van der Waals surface area (Å²) >= 11 is 0. The van der Waals surface area contributed by atoms with Gasteiger partial charge in [-0.3, -0.25) is 4.79 Å². The molecule has 4 saturated carbocycles. The highest BCUT2D eigenvalue weighted by Crippen LogP contribution is 2.60. The highest BCUT2D eigenvalue weighted by Gasteiger charge is 2.52. The van der Waals surface area contributed by atoms with Crippen molar-refractivity contribution in [1.82, 2.24) is 0 Å². The van der Waals surface area contributed by atoms with Gasteiger partial charge < -0.3 is 15.3 Å². The number of Topliss-reactive ketones (excluding diaryl/α,β-unsaturated/α-hetero) is 1. The Kier molecular flexibility index (Phi) is 6.61. The maximum Gasteiger partial charge on any atom is 0.167 e. The Morgan fingerprint density at radius 3 is 2.59 bits per heavy atom. The Labute approximate surface area is 193 Å². The number of carbonyl (C=O) groups excluding carboxylic acids is 1. The summed E-state index contributed by atoms with van der Waals surface area (Å²) in [5, 5.41) is 30.5. The third-order valence-electron chi connectivity index (χ3n) is 9.53. The Bertz CT molecular complexity index is 821. The molecule has 4 unspecified atom stereocenters. The van der Waals surface area contributed by atoms with Gasteiger partial charge in [0.15, 0.2) is 5.78 Å². The lowest BCUT2D eigenvalue weighted by molar-refractivity contribution is -0.135. The highest BCUT2D eigenvalue weighted by molar-refractivity contribution is 5.90. The minimum atomic E-state index is -1.12. The molecule has 0 saturated heterocycles. The van der Waals surface area contributed by atoms with Gasteiger partial charge in [0, 0.05) is 12.3 Å². The van der Waals surface area contributed by atoms with Crippen LogP contribution in [0.25, 0.3) is 0 Å². The molecule has 4 rings (SSSR count). The van der Waals surface area contributed by atoms with E-state index in [2.05, 4.69) is 32.6 Å². The molecule has 0 radical (unpaired) electrons. The zero-order valence-corrected chi connectivity index (χ0v) is 20.1. The number of fused-ring (bicyclic) bond motifs is 1. The van der Waals surface area contributed by atoms with Crippen LogP contribution >= 0.6 is 0 Å². The van der Waals surface area contributed by atoms with Crippen molar-refractivity contribution in [3.8, 4) is 0 Å². The van der Waals surface area contributed by atoms with Gasteiger partial charge in [-0.05, 0) is 99.0 Å². The van der Waals surface area contributed by atoms with Crippen LogP contribution in [0.2, 0.25) is 0 Å². The molecule has 0 aromatic carbocycles. The molecule has 4 aliphatic rings. The van der Waals surface area contributed by atoms with Gasteiger partial charge in [0.05, 0.1) is 12.2 Å². The van der Waals surface area contributed by atoms with E-state index < -0.39 is 17.8 Å². The molecule has 4 aliphatic carbocycles. The SMILES string of the molecule is C=C1/C(=C\C=C2/CCCC3(C)C2CC[C@@H]3[C@H](C)CC2CCC(C)(O)C2=O)C[C@@H](O)C[C@@H]1O. The molecule has 0 aliphatic heterocycles. The fraction of sp³-hybridized carbons (Fsp3) is 0.750. The van der Waals surface area contributed by atoms with Gasteiger partial charge in [-0.1, -0.05) is 38.2 Å². The zero-order chi connectivity index (χ0) is 23.3. The first kappa shape index (κ1) is 23.9. The fourth-order valence-electron chi connectivity index (χ4n) is 7.67. The lowest BCUT2D eigenvalue weighted by Crippen LogP contribution is -2.37. The zero-order valence-electron chi connectivity index (χ0n) is 20.1. The lowest BCUT2D eigenvalue weighted by Gasteiger charge is -2.44. The second-order valence-corrected chi connectivity index (χ2v) is 11.8. The third kappa shape index (κ3) is 4.31. The number of allylic oxidation sites excluding steroid dienone is 3. The van der Waals surface area contributed by atoms with Gasteiger partial charge in [-0.2, -0.15) is 0 Å². The van der Waals surface area contributed by atoms with Crippen molar-refractivity contribution >= 4 is 5.78 Å². The van der Waals surface area contributed by atoms with E-state index in [1.54, 1.807) is 6.92 Å². The Morgan fingerprint density at radius 1 is 1.16 bits per heavy atom. The largest absolute Gasteiger partial charge is 0.393 e. The minimum absolute atomic E-state index is 0.0150. The Balaban J connectivity index is 1.48. The normalized spacial score (nSPS) is 46.1. The standard InChI is InChI=1S/C28H42O4/c1-17(14-21-11-13-28(4,32)26(21)31)23-9-10-24-19(6-5-12-27(23,24)3)7-8-20-15-22(29)16-25(30)18(20)2/h7-8,17,21-25,29-30,32H,2,5-6,9-16H2,1,3-4H3/b19-7+,20-8-/t17-,21?,22-,23-,24?,25+,27?,28?/m1/s1. The van der Waals surface area contributed by atoms with Crippen molar-refractivity contribution in [2.24, 2.45) is 29.1 Å². The van der Waals surface area contributed by atoms with Crippen LogP contribution in [0.5, 0.6) is 0 Å². The molecule has 4 fully saturated rings. The van der Waals surface area contributed by atoms with Crippen LogP contribution < -0.4 is 0 Å². The van der Waals surface area contributed by atoms with Crippen molar-refractivity contribution in [3.05, 3.63) is 35.5 Å². The number of rotatable bonds is 4. The maximum absolute atomic E-state index is 12.6. The summed E-state index contributed by atoms with van der Waals surface area (Å²) < 4.78 is 0. The topological polar surface area (TPSA) is 77.8 Å². The molecule has 0 aromatic rings. The van der Waals surface area contributed by atoms with Gasteiger partial charge in [-0.15, -0.1) is 0 Å². The number of carbonyl (C=O) groups is 1. The van der Waals surface area contributed by atoms with Gasteiger partial charge in [0.1, 0.15) is 5.60 Å². The molecule has 3 N–H and O–H groups in total. The first-order valence-electron chi connectivity index (χ1n) is 12.7. The van der Waals surface area contributed by atoms with E-state index in [1.807, 2.05) is 0 Å². The Hall–Kier alpha value is -1.23. The van der Waals surface area contributed by atoms with Crippen molar-refractivity contribution in [1.29, 1.82) is 0 Å². The second-order valence-electron chi connectivity index (χ2n) is 11.8. The van der Waals surface area contributed by atoms with Crippen LogP contribution in [-0.2, 0) is 4.79 Å². The summed E-state index contributed by atoms with van der Waals surface area (Å²) in [6, 6.07) is 0. The van der Waals surface area contributed by atoms with Gasteiger partial charge in [0.2, 0.25) is 0 Å². The van der Waals surface area contributed by atoms with Crippen LogP contribution in [0.15, 0.2) is 35.5 Å². The van der Waals surface area contributed by atoms with Gasteiger partial charge in [-0.25, -0.2) is 0 Å². The molecule has 32 heavy (non-hydrogen) atoms. The average molecular weight is 443 g/mol. The third-order valence-corrected chi connectivity index (χ3v) is 9.53. The first-order chi connectivity index (χ1) is 15.0. The molecule has 4 heteroatoms. The van der Waals surface area contributed by atoms with Crippen molar-refractivity contribution < 1.29 is 20.1 Å². The van der Waals surface area contributed by atoms with E-state index in [0.29, 0.717) is 37.0 Å². The minimum Gasteiger partial charge on any atom is -0.393 e. The molecule has 0 amide bonds. The molecule has 0 heterocycles. The summed E-state index contributed by atoms with van der Waals surface area (Å²) in [5.74, 6) is 1.72. The van der Waals surface area contributed by atoms with Crippen LogP contribution in [0.1, 0.15) is 85.0 Å². The monoisotopic (exact) mass is 442 g/mol. The molecule has 4 nitrogen and oxygen atoms in total. The maximum atomic E-state index is 12.6. The van der Waals surface area contributed by atoms with Crippen molar-refractivity contribution in [2.75, 3.05) is 0 Å². The molecular formula is C28H42O4. The van der Waals surface area contributed by atoms with E-state index in [1.165, 1.54) is 31.3 Å². The molecule has 178 valence electrons. The molecular weight excluding hydrogens is 400 g/mol. The van der Waals surface area contributed by atoms with Crippen LogP contribution in [0.3, 0.4) is 0 Å². The number of aliphatic hydroxyl groups is 3. The van der Waals surface area contributed by atoms with E-state index in [4.69, 9.17) is 0 Å². The summed E-state index contributed by atoms with van der Waals surface area (Å²) in [6.45, 7) is 10.5. The van der Waals surface area contributed by atoms with Crippen molar-refractivity contribution in [3.63, 3.8) is 0 Å². The number of hydrogen-bond acceptors (Lipinski definition) is 4. The average Bonchev–Trinajstić information content (AvgIpc) is 3.21. The van der Waals surface area contributed by atoms with Crippen molar-refractivity contribution in [2.45, 2.75) is 103 Å².